The van der Waals surface area contributed by atoms with Crippen LogP contribution in [0, 0.1) is 0 Å². The number of fused-ring (bicyclic) bond motifs is 7. The van der Waals surface area contributed by atoms with Gasteiger partial charge in [0.15, 0.2) is 0 Å². The predicted octanol–water partition coefficient (Wildman–Crippen LogP) is 2.49. The molecule has 0 radical (unpaired) electrons. The SMILES string of the molecule is c1ccc2[c]3c(ccc2c1)-c1[c](ccc2cccnc12)[GeH2]3. The molecular formula is C19H13GeN. The minimum atomic E-state index is -0.908. The molecule has 2 heterocycles. The summed E-state index contributed by atoms with van der Waals surface area (Å²) in [5.74, 6) is 0. The van der Waals surface area contributed by atoms with Crippen LogP contribution in [-0.4, -0.2) is 20.4 Å². The zero-order valence-corrected chi connectivity index (χ0v) is 14.5. The Bertz CT molecular complexity index is 1020. The van der Waals surface area contributed by atoms with Gasteiger partial charge in [0.1, 0.15) is 0 Å². The van der Waals surface area contributed by atoms with E-state index < -0.39 is 15.4 Å². The van der Waals surface area contributed by atoms with E-state index >= 15 is 0 Å². The fraction of sp³-hybridized carbons (Fsp3) is 0. The van der Waals surface area contributed by atoms with Gasteiger partial charge in [-0.05, 0) is 0 Å². The summed E-state index contributed by atoms with van der Waals surface area (Å²) in [5.41, 5.74) is 4.02. The molecule has 3 aromatic carbocycles. The average Bonchev–Trinajstić information content (AvgIpc) is 2.94. The quantitative estimate of drug-likeness (QED) is 0.398. The number of rotatable bonds is 0. The van der Waals surface area contributed by atoms with Gasteiger partial charge in [-0.1, -0.05) is 0 Å². The van der Waals surface area contributed by atoms with Crippen molar-refractivity contribution >= 4 is 45.9 Å². The summed E-state index contributed by atoms with van der Waals surface area (Å²) < 4.78 is 3.22. The number of hydrogen-bond acceptors (Lipinski definition) is 1. The van der Waals surface area contributed by atoms with E-state index in [-0.39, 0.29) is 0 Å². The van der Waals surface area contributed by atoms with E-state index in [2.05, 4.69) is 59.6 Å². The topological polar surface area (TPSA) is 12.9 Å². The van der Waals surface area contributed by atoms with Crippen LogP contribution >= 0.6 is 0 Å². The molecule has 1 aliphatic heterocycles. The van der Waals surface area contributed by atoms with Gasteiger partial charge >= 0.3 is 129 Å². The summed E-state index contributed by atoms with van der Waals surface area (Å²) in [5, 5.41) is 4.07. The van der Waals surface area contributed by atoms with Gasteiger partial charge in [-0.25, -0.2) is 0 Å². The van der Waals surface area contributed by atoms with Crippen LogP contribution in [0.3, 0.4) is 0 Å². The van der Waals surface area contributed by atoms with Gasteiger partial charge in [0.05, 0.1) is 0 Å². The van der Waals surface area contributed by atoms with Crippen LogP contribution in [0.25, 0.3) is 32.8 Å². The summed E-state index contributed by atoms with van der Waals surface area (Å²) in [7, 11) is 0. The zero-order chi connectivity index (χ0) is 13.8. The van der Waals surface area contributed by atoms with Crippen molar-refractivity contribution in [2.24, 2.45) is 0 Å². The molecule has 0 atom stereocenters. The molecule has 21 heavy (non-hydrogen) atoms. The van der Waals surface area contributed by atoms with Crippen molar-refractivity contribution in [1.82, 2.24) is 4.98 Å². The van der Waals surface area contributed by atoms with Crippen molar-refractivity contribution in [2.45, 2.75) is 0 Å². The molecule has 4 aromatic rings. The fourth-order valence-corrected chi connectivity index (χ4v) is 8.09. The first kappa shape index (κ1) is 11.5. The van der Waals surface area contributed by atoms with E-state index in [4.69, 9.17) is 0 Å². The molecule has 1 aliphatic rings. The molecule has 0 amide bonds. The Morgan fingerprint density at radius 1 is 0.762 bits per heavy atom. The van der Waals surface area contributed by atoms with E-state index in [9.17, 15) is 0 Å². The second-order valence-corrected chi connectivity index (χ2v) is 9.49. The molecular weight excluding hydrogens is 315 g/mol. The molecule has 0 fully saturated rings. The second-order valence-electron chi connectivity index (χ2n) is 5.66. The molecule has 5 rings (SSSR count). The number of hydrogen-bond donors (Lipinski definition) is 0. The molecule has 0 spiro atoms. The number of pyridine rings is 1. The zero-order valence-electron chi connectivity index (χ0n) is 11.5. The summed E-state index contributed by atoms with van der Waals surface area (Å²) in [6.45, 7) is 0. The number of nitrogens with zero attached hydrogens (tertiary/aromatic N) is 1. The Morgan fingerprint density at radius 2 is 1.62 bits per heavy atom. The van der Waals surface area contributed by atoms with E-state index in [0.717, 1.165) is 0 Å². The number of benzene rings is 3. The van der Waals surface area contributed by atoms with E-state index in [0.29, 0.717) is 0 Å². The summed E-state index contributed by atoms with van der Waals surface area (Å²) in [4.78, 5) is 4.66. The molecule has 0 saturated heterocycles. The molecule has 0 N–H and O–H groups in total. The van der Waals surface area contributed by atoms with Crippen LogP contribution in [0.1, 0.15) is 0 Å². The van der Waals surface area contributed by atoms with Crippen LogP contribution in [0.2, 0.25) is 0 Å². The van der Waals surface area contributed by atoms with Gasteiger partial charge in [0.2, 0.25) is 0 Å². The maximum atomic E-state index is 4.66. The van der Waals surface area contributed by atoms with Crippen molar-refractivity contribution in [3.05, 3.63) is 66.9 Å². The third-order valence-electron chi connectivity index (χ3n) is 4.54. The van der Waals surface area contributed by atoms with Crippen molar-refractivity contribution in [1.29, 1.82) is 0 Å². The van der Waals surface area contributed by atoms with Gasteiger partial charge in [-0.3, -0.25) is 0 Å². The van der Waals surface area contributed by atoms with Crippen LogP contribution in [0.15, 0.2) is 66.9 Å². The minimum absolute atomic E-state index is 0.908. The van der Waals surface area contributed by atoms with Crippen molar-refractivity contribution in [3.63, 3.8) is 0 Å². The molecule has 0 bridgehead atoms. The first-order valence-electron chi connectivity index (χ1n) is 7.29. The maximum absolute atomic E-state index is 4.66. The Kier molecular flexibility index (Phi) is 2.30. The molecule has 0 unspecified atom stereocenters. The fourth-order valence-electron chi connectivity index (χ4n) is 3.59. The Hall–Kier alpha value is -2.13. The Balaban J connectivity index is 1.93. The van der Waals surface area contributed by atoms with E-state index in [1.807, 2.05) is 12.3 Å². The van der Waals surface area contributed by atoms with E-state index in [1.165, 1.54) is 32.8 Å². The van der Waals surface area contributed by atoms with Crippen LogP contribution < -0.4 is 8.79 Å². The average molecular weight is 328 g/mol. The van der Waals surface area contributed by atoms with E-state index in [1.54, 1.807) is 8.79 Å². The van der Waals surface area contributed by atoms with Crippen LogP contribution in [-0.2, 0) is 0 Å². The van der Waals surface area contributed by atoms with Crippen molar-refractivity contribution in [3.8, 4) is 11.1 Å². The second kappa shape index (κ2) is 4.18. The summed E-state index contributed by atoms with van der Waals surface area (Å²) in [6.07, 6.45) is 1.91. The molecule has 1 aromatic heterocycles. The van der Waals surface area contributed by atoms with Gasteiger partial charge in [0, 0.05) is 0 Å². The summed E-state index contributed by atoms with van der Waals surface area (Å²) >= 11 is -0.908. The predicted molar refractivity (Wildman–Crippen MR) is 92.5 cm³/mol. The molecule has 1 nitrogen and oxygen atoms in total. The van der Waals surface area contributed by atoms with Crippen molar-refractivity contribution in [2.75, 3.05) is 0 Å². The monoisotopic (exact) mass is 329 g/mol. The normalized spacial score (nSPS) is 13.7. The molecule has 0 saturated carbocycles. The van der Waals surface area contributed by atoms with Gasteiger partial charge < -0.3 is 0 Å². The Morgan fingerprint density at radius 3 is 2.62 bits per heavy atom. The standard InChI is InChI=1S/C19H13GeN/c1-2-6-14-12(4-1)7-9-15-17-16(20-18(14)15)10-8-13-5-3-11-21-19(13)17/h1-11H,20H2. The van der Waals surface area contributed by atoms with Crippen LogP contribution in [0.4, 0.5) is 0 Å². The molecule has 0 aliphatic carbocycles. The van der Waals surface area contributed by atoms with Gasteiger partial charge in [0.25, 0.3) is 0 Å². The van der Waals surface area contributed by atoms with Crippen LogP contribution in [0.5, 0.6) is 0 Å². The first-order valence-corrected chi connectivity index (χ1v) is 10.3. The third kappa shape index (κ3) is 1.55. The number of aromatic nitrogens is 1. The van der Waals surface area contributed by atoms with Crippen molar-refractivity contribution < 1.29 is 0 Å². The van der Waals surface area contributed by atoms with Gasteiger partial charge in [-0.2, -0.15) is 0 Å². The van der Waals surface area contributed by atoms with Gasteiger partial charge in [-0.15, -0.1) is 0 Å². The third-order valence-corrected chi connectivity index (χ3v) is 8.91. The Labute approximate surface area is 129 Å². The molecule has 2 heteroatoms. The first-order chi connectivity index (χ1) is 10.4. The molecule has 98 valence electrons. The summed E-state index contributed by atoms with van der Waals surface area (Å²) in [6, 6.07) is 22.1.